The van der Waals surface area contributed by atoms with E-state index < -0.39 is 23.4 Å². The van der Waals surface area contributed by atoms with Gasteiger partial charge in [-0.15, -0.1) is 26.3 Å². The van der Waals surface area contributed by atoms with E-state index in [1.807, 2.05) is 0 Å². The molecule has 28 heavy (non-hydrogen) atoms. The highest BCUT2D eigenvalue weighted by atomic mass is 16.6. The molecule has 0 heterocycles. The van der Waals surface area contributed by atoms with E-state index in [9.17, 15) is 0 Å². The summed E-state index contributed by atoms with van der Waals surface area (Å²) in [5, 5.41) is 0. The summed E-state index contributed by atoms with van der Waals surface area (Å²) in [6, 6.07) is 0. The van der Waals surface area contributed by atoms with E-state index in [0.29, 0.717) is 0 Å². The molecular weight excluding hydrogens is 352 g/mol. The molecule has 4 nitrogen and oxygen atoms in total. The summed E-state index contributed by atoms with van der Waals surface area (Å²) < 4.78 is 24.3. The Morgan fingerprint density at radius 1 is 0.500 bits per heavy atom. The van der Waals surface area contributed by atoms with E-state index in [1.54, 1.807) is 48.6 Å². The molecule has 0 aliphatic carbocycles. The molecule has 0 bridgehead atoms. The maximum absolute atomic E-state index is 6.10. The Balaban J connectivity index is 6.49. The van der Waals surface area contributed by atoms with Crippen molar-refractivity contribution in [3.05, 3.63) is 101 Å². The van der Waals surface area contributed by atoms with Gasteiger partial charge in [0.2, 0.25) is 0 Å². The van der Waals surface area contributed by atoms with Crippen molar-refractivity contribution in [2.24, 2.45) is 0 Å². The number of rotatable bonds is 19. The third kappa shape index (κ3) is 6.43. The average Bonchev–Trinajstić information content (AvgIpc) is 2.74. The van der Waals surface area contributed by atoms with Crippen LogP contribution in [0, 0.1) is 0 Å². The Kier molecular flexibility index (Phi) is 12.7. The molecule has 2 atom stereocenters. The Labute approximate surface area is 170 Å². The van der Waals surface area contributed by atoms with Crippen molar-refractivity contribution in [3.8, 4) is 0 Å². The molecule has 0 saturated carbocycles. The van der Waals surface area contributed by atoms with Crippen molar-refractivity contribution in [1.29, 1.82) is 0 Å². The van der Waals surface area contributed by atoms with Crippen LogP contribution in [0.2, 0.25) is 0 Å². The minimum Gasteiger partial charge on any atom is -0.368 e. The van der Waals surface area contributed by atoms with Crippen molar-refractivity contribution in [3.63, 3.8) is 0 Å². The van der Waals surface area contributed by atoms with Crippen LogP contribution < -0.4 is 0 Å². The van der Waals surface area contributed by atoms with Crippen LogP contribution in [0.3, 0.4) is 0 Å². The van der Waals surface area contributed by atoms with E-state index in [2.05, 4.69) is 52.6 Å². The van der Waals surface area contributed by atoms with Gasteiger partial charge in [0.1, 0.15) is 23.4 Å². The SMILES string of the molecule is C=CCO[C@H]([C@@H](OCC=C)C(C=C)(C=C)OCC=C)C(C=C)(C=C)OCC=C. The van der Waals surface area contributed by atoms with Gasteiger partial charge < -0.3 is 18.9 Å². The molecular formula is C24H34O4. The van der Waals surface area contributed by atoms with Crippen LogP contribution >= 0.6 is 0 Å². The van der Waals surface area contributed by atoms with Gasteiger partial charge in [-0.25, -0.2) is 0 Å². The standard InChI is InChI=1S/C24H34O4/c1-9-17-25-21(23(13-5,14-6)27-19-11-3)22(26-18-10-2)24(15-7,16-8)28-20-12-4/h9-16,21-22H,1-8,17-20H2/t21-,22-/m1/s1. The lowest BCUT2D eigenvalue weighted by atomic mass is 9.82. The minimum absolute atomic E-state index is 0.241. The average molecular weight is 387 g/mol. The summed E-state index contributed by atoms with van der Waals surface area (Å²) in [7, 11) is 0. The summed E-state index contributed by atoms with van der Waals surface area (Å²) in [6.07, 6.45) is 11.6. The van der Waals surface area contributed by atoms with Crippen LogP contribution in [-0.4, -0.2) is 49.8 Å². The van der Waals surface area contributed by atoms with Crippen LogP contribution in [0.5, 0.6) is 0 Å². The van der Waals surface area contributed by atoms with Gasteiger partial charge in [-0.2, -0.15) is 0 Å². The highest BCUT2D eigenvalue weighted by molar-refractivity contribution is 5.24. The van der Waals surface area contributed by atoms with Gasteiger partial charge in [-0.1, -0.05) is 74.9 Å². The maximum atomic E-state index is 6.10. The molecule has 0 aliphatic heterocycles. The van der Waals surface area contributed by atoms with Crippen molar-refractivity contribution in [2.75, 3.05) is 26.4 Å². The third-order valence-corrected chi connectivity index (χ3v) is 4.13. The minimum atomic E-state index is -1.10. The largest absolute Gasteiger partial charge is 0.368 e. The van der Waals surface area contributed by atoms with Gasteiger partial charge in [0.15, 0.2) is 0 Å². The second kappa shape index (κ2) is 13.9. The maximum Gasteiger partial charge on any atom is 0.133 e. The van der Waals surface area contributed by atoms with Crippen molar-refractivity contribution < 1.29 is 18.9 Å². The Hall–Kier alpha value is -2.24. The van der Waals surface area contributed by atoms with Crippen LogP contribution in [0.15, 0.2) is 101 Å². The second-order valence-corrected chi connectivity index (χ2v) is 5.81. The molecule has 0 saturated heterocycles. The van der Waals surface area contributed by atoms with E-state index in [1.165, 1.54) is 0 Å². The predicted molar refractivity (Wildman–Crippen MR) is 118 cm³/mol. The van der Waals surface area contributed by atoms with E-state index in [-0.39, 0.29) is 26.4 Å². The van der Waals surface area contributed by atoms with Crippen LogP contribution in [0.4, 0.5) is 0 Å². The Morgan fingerprint density at radius 2 is 0.786 bits per heavy atom. The smallest absolute Gasteiger partial charge is 0.133 e. The number of hydrogen-bond acceptors (Lipinski definition) is 4. The molecule has 0 radical (unpaired) electrons. The lowest BCUT2D eigenvalue weighted by Gasteiger charge is -2.45. The molecule has 0 N–H and O–H groups in total. The molecule has 0 amide bonds. The highest BCUT2D eigenvalue weighted by Gasteiger charge is 2.49. The molecule has 0 spiro atoms. The monoisotopic (exact) mass is 386 g/mol. The van der Waals surface area contributed by atoms with E-state index >= 15 is 0 Å². The molecule has 0 fully saturated rings. The summed E-state index contributed by atoms with van der Waals surface area (Å²) >= 11 is 0. The van der Waals surface area contributed by atoms with E-state index in [0.717, 1.165) is 0 Å². The normalized spacial score (nSPS) is 13.6. The van der Waals surface area contributed by atoms with Gasteiger partial charge in [0.25, 0.3) is 0 Å². The van der Waals surface area contributed by atoms with Gasteiger partial charge in [0, 0.05) is 0 Å². The molecule has 0 rings (SSSR count). The molecule has 154 valence electrons. The van der Waals surface area contributed by atoms with Gasteiger partial charge in [-0.05, 0) is 0 Å². The Morgan fingerprint density at radius 3 is 1.00 bits per heavy atom. The fourth-order valence-electron chi connectivity index (χ4n) is 2.69. The molecule has 0 aliphatic rings. The first-order valence-electron chi connectivity index (χ1n) is 9.00. The zero-order valence-corrected chi connectivity index (χ0v) is 16.9. The second-order valence-electron chi connectivity index (χ2n) is 5.81. The van der Waals surface area contributed by atoms with Crippen molar-refractivity contribution in [1.82, 2.24) is 0 Å². The van der Waals surface area contributed by atoms with Gasteiger partial charge in [0.05, 0.1) is 26.4 Å². The van der Waals surface area contributed by atoms with Crippen LogP contribution in [0.1, 0.15) is 0 Å². The lowest BCUT2D eigenvalue weighted by Crippen LogP contribution is -2.59. The number of hydrogen-bond donors (Lipinski definition) is 0. The predicted octanol–water partition coefficient (Wildman–Crippen LogP) is 4.76. The quantitative estimate of drug-likeness (QED) is 0.300. The first-order chi connectivity index (χ1) is 13.5. The zero-order chi connectivity index (χ0) is 21.5. The molecule has 4 heteroatoms. The van der Waals surface area contributed by atoms with Gasteiger partial charge >= 0.3 is 0 Å². The summed E-state index contributed by atoms with van der Waals surface area (Å²) in [6.45, 7) is 31.6. The molecule has 0 aromatic carbocycles. The van der Waals surface area contributed by atoms with Crippen LogP contribution in [0.25, 0.3) is 0 Å². The summed E-state index contributed by atoms with van der Waals surface area (Å²) in [5.74, 6) is 0. The first kappa shape index (κ1) is 25.8. The van der Waals surface area contributed by atoms with E-state index in [4.69, 9.17) is 18.9 Å². The molecule has 0 aromatic heterocycles. The zero-order valence-electron chi connectivity index (χ0n) is 16.9. The van der Waals surface area contributed by atoms with Crippen molar-refractivity contribution >= 4 is 0 Å². The summed E-state index contributed by atoms with van der Waals surface area (Å²) in [4.78, 5) is 0. The lowest BCUT2D eigenvalue weighted by molar-refractivity contribution is -0.187. The fourth-order valence-corrected chi connectivity index (χ4v) is 2.69. The van der Waals surface area contributed by atoms with Gasteiger partial charge in [-0.3, -0.25) is 0 Å². The molecule has 0 unspecified atom stereocenters. The van der Waals surface area contributed by atoms with Crippen molar-refractivity contribution in [2.45, 2.75) is 23.4 Å². The highest BCUT2D eigenvalue weighted by Crippen LogP contribution is 2.35. The molecule has 0 aromatic rings. The fraction of sp³-hybridized carbons (Fsp3) is 0.333. The van der Waals surface area contributed by atoms with Crippen LogP contribution in [-0.2, 0) is 18.9 Å². The first-order valence-corrected chi connectivity index (χ1v) is 9.00. The third-order valence-electron chi connectivity index (χ3n) is 4.13. The number of ether oxygens (including phenoxy) is 4. The summed E-state index contributed by atoms with van der Waals surface area (Å²) in [5.41, 5.74) is -2.20. The topological polar surface area (TPSA) is 36.9 Å². The Bertz CT molecular complexity index is 495.